The summed E-state index contributed by atoms with van der Waals surface area (Å²) < 4.78 is 28.2. The molecule has 0 bridgehead atoms. The molecule has 0 spiro atoms. The summed E-state index contributed by atoms with van der Waals surface area (Å²) in [5, 5.41) is 0. The molecule has 0 saturated heterocycles. The highest BCUT2D eigenvalue weighted by Gasteiger charge is 2.27. The first-order chi connectivity index (χ1) is 12.4. The van der Waals surface area contributed by atoms with Gasteiger partial charge in [-0.15, -0.1) is 12.4 Å². The van der Waals surface area contributed by atoms with Gasteiger partial charge in [-0.25, -0.2) is 13.1 Å². The molecule has 1 atom stereocenters. The maximum absolute atomic E-state index is 12.7. The smallest absolute Gasteiger partial charge is 0.253 e. The fourth-order valence-corrected chi connectivity index (χ4v) is 4.93. The molecule has 3 N–H and O–H groups in total. The van der Waals surface area contributed by atoms with Crippen LogP contribution in [-0.4, -0.2) is 44.9 Å². The van der Waals surface area contributed by atoms with Crippen molar-refractivity contribution in [2.24, 2.45) is 11.7 Å². The maximum atomic E-state index is 12.7. The van der Waals surface area contributed by atoms with E-state index >= 15 is 0 Å². The first-order valence-corrected chi connectivity index (χ1v) is 11.0. The van der Waals surface area contributed by atoms with Gasteiger partial charge in [0.15, 0.2) is 0 Å². The Hall–Kier alpha value is -1.15. The van der Waals surface area contributed by atoms with Crippen molar-refractivity contribution in [1.82, 2.24) is 9.62 Å². The van der Waals surface area contributed by atoms with Gasteiger partial charge in [-0.1, -0.05) is 19.3 Å². The molecule has 6 nitrogen and oxygen atoms in total. The minimum absolute atomic E-state index is 0. The minimum atomic E-state index is -3.65. The first-order valence-electron chi connectivity index (χ1n) is 9.54. The second-order valence-corrected chi connectivity index (χ2v) is 8.58. The summed E-state index contributed by atoms with van der Waals surface area (Å²) in [5.41, 5.74) is 6.34. The van der Waals surface area contributed by atoms with Crippen LogP contribution in [0.4, 0.5) is 0 Å². The molecular weight excluding hydrogens is 386 g/mol. The standard InChI is InChI=1S/C19H31N3O3S.ClH/c1-3-22(4-2)19(23)16-10-12-17(13-11-16)26(24,25)21-18(14-20)15-8-6-5-7-9-15;/h10-13,15,18,21H,3-9,14,20H2,1-2H3;1H. The summed E-state index contributed by atoms with van der Waals surface area (Å²) in [5.74, 6) is 0.209. The van der Waals surface area contributed by atoms with Gasteiger partial charge in [0.2, 0.25) is 10.0 Å². The van der Waals surface area contributed by atoms with E-state index in [1.807, 2.05) is 13.8 Å². The van der Waals surface area contributed by atoms with Crippen LogP contribution < -0.4 is 10.5 Å². The highest BCUT2D eigenvalue weighted by molar-refractivity contribution is 7.89. The zero-order valence-corrected chi connectivity index (χ0v) is 17.8. The van der Waals surface area contributed by atoms with E-state index in [2.05, 4.69) is 4.72 Å². The van der Waals surface area contributed by atoms with E-state index in [-0.39, 0.29) is 29.3 Å². The van der Waals surface area contributed by atoms with Gasteiger partial charge < -0.3 is 10.6 Å². The van der Waals surface area contributed by atoms with Crippen LogP contribution in [0.3, 0.4) is 0 Å². The molecule has 1 aliphatic rings. The number of hydrogen-bond acceptors (Lipinski definition) is 4. The summed E-state index contributed by atoms with van der Waals surface area (Å²) >= 11 is 0. The molecule has 0 radical (unpaired) electrons. The average Bonchev–Trinajstić information content (AvgIpc) is 2.67. The normalized spacial score (nSPS) is 16.4. The van der Waals surface area contributed by atoms with E-state index in [9.17, 15) is 13.2 Å². The van der Waals surface area contributed by atoms with Gasteiger partial charge in [-0.2, -0.15) is 0 Å². The number of rotatable bonds is 8. The lowest BCUT2D eigenvalue weighted by Gasteiger charge is -2.29. The molecule has 1 aliphatic carbocycles. The monoisotopic (exact) mass is 417 g/mol. The number of carbonyl (C=O) groups excluding carboxylic acids is 1. The topological polar surface area (TPSA) is 92.5 Å². The molecule has 1 aromatic carbocycles. The van der Waals surface area contributed by atoms with E-state index in [0.717, 1.165) is 25.7 Å². The van der Waals surface area contributed by atoms with Crippen LogP contribution >= 0.6 is 12.4 Å². The van der Waals surface area contributed by atoms with Crippen LogP contribution in [0, 0.1) is 5.92 Å². The van der Waals surface area contributed by atoms with E-state index < -0.39 is 10.0 Å². The van der Waals surface area contributed by atoms with Crippen LogP contribution in [0.25, 0.3) is 0 Å². The Morgan fingerprint density at radius 3 is 2.19 bits per heavy atom. The SMILES string of the molecule is CCN(CC)C(=O)c1ccc(S(=O)(=O)NC(CN)C2CCCCC2)cc1.Cl. The van der Waals surface area contributed by atoms with Gasteiger partial charge in [-0.3, -0.25) is 4.79 Å². The van der Waals surface area contributed by atoms with Crippen molar-refractivity contribution in [1.29, 1.82) is 0 Å². The lowest BCUT2D eigenvalue weighted by molar-refractivity contribution is 0.0773. The fourth-order valence-electron chi connectivity index (χ4n) is 3.61. The second kappa shape index (κ2) is 11.0. The van der Waals surface area contributed by atoms with E-state index in [1.165, 1.54) is 18.6 Å². The third-order valence-electron chi connectivity index (χ3n) is 5.24. The van der Waals surface area contributed by atoms with Crippen LogP contribution in [0.5, 0.6) is 0 Å². The summed E-state index contributed by atoms with van der Waals surface area (Å²) in [6.45, 7) is 5.38. The molecule has 1 unspecified atom stereocenters. The zero-order chi connectivity index (χ0) is 19.2. The molecule has 1 amide bonds. The van der Waals surface area contributed by atoms with E-state index in [0.29, 0.717) is 31.1 Å². The molecule has 0 aromatic heterocycles. The number of sulfonamides is 1. The van der Waals surface area contributed by atoms with Gasteiger partial charge >= 0.3 is 0 Å². The van der Waals surface area contributed by atoms with Crippen molar-refractivity contribution in [3.63, 3.8) is 0 Å². The van der Waals surface area contributed by atoms with Crippen LogP contribution in [0.15, 0.2) is 29.2 Å². The Morgan fingerprint density at radius 1 is 1.15 bits per heavy atom. The van der Waals surface area contributed by atoms with Crippen molar-refractivity contribution in [3.8, 4) is 0 Å². The van der Waals surface area contributed by atoms with Crippen molar-refractivity contribution < 1.29 is 13.2 Å². The molecule has 8 heteroatoms. The highest BCUT2D eigenvalue weighted by atomic mass is 35.5. The van der Waals surface area contributed by atoms with E-state index in [4.69, 9.17) is 5.73 Å². The summed E-state index contributed by atoms with van der Waals surface area (Å²) in [6.07, 6.45) is 5.50. The fraction of sp³-hybridized carbons (Fsp3) is 0.632. The van der Waals surface area contributed by atoms with Gasteiger partial charge in [0.25, 0.3) is 5.91 Å². The third kappa shape index (κ3) is 6.17. The first kappa shape index (κ1) is 23.9. The molecule has 27 heavy (non-hydrogen) atoms. The van der Waals surface area contributed by atoms with Gasteiger partial charge in [0, 0.05) is 31.2 Å². The van der Waals surface area contributed by atoms with Crippen molar-refractivity contribution >= 4 is 28.3 Å². The van der Waals surface area contributed by atoms with E-state index in [1.54, 1.807) is 17.0 Å². The van der Waals surface area contributed by atoms with Crippen molar-refractivity contribution in [2.75, 3.05) is 19.6 Å². The minimum Gasteiger partial charge on any atom is -0.339 e. The molecule has 0 aliphatic heterocycles. The Labute approximate surface area is 169 Å². The number of amides is 1. The molecule has 1 fully saturated rings. The quantitative estimate of drug-likeness (QED) is 0.680. The number of halogens is 1. The Balaban J connectivity index is 0.00000364. The van der Waals surface area contributed by atoms with Crippen LogP contribution in [-0.2, 0) is 10.0 Å². The lowest BCUT2D eigenvalue weighted by Crippen LogP contribution is -2.45. The Kier molecular flexibility index (Phi) is 9.73. The average molecular weight is 418 g/mol. The number of carbonyl (C=O) groups is 1. The number of benzene rings is 1. The maximum Gasteiger partial charge on any atom is 0.253 e. The Bertz CT molecular complexity index is 685. The molecular formula is C19H32ClN3O3S. The number of nitrogens with zero attached hydrogens (tertiary/aromatic N) is 1. The Morgan fingerprint density at radius 2 is 1.70 bits per heavy atom. The number of nitrogens with one attached hydrogen (secondary N) is 1. The second-order valence-electron chi connectivity index (χ2n) is 6.86. The molecule has 0 heterocycles. The third-order valence-corrected chi connectivity index (χ3v) is 6.75. The largest absolute Gasteiger partial charge is 0.339 e. The highest BCUT2D eigenvalue weighted by Crippen LogP contribution is 2.27. The van der Waals surface area contributed by atoms with Gasteiger partial charge in [-0.05, 0) is 56.9 Å². The number of nitrogens with two attached hydrogens (primary N) is 1. The van der Waals surface area contributed by atoms with Crippen molar-refractivity contribution in [3.05, 3.63) is 29.8 Å². The van der Waals surface area contributed by atoms with Gasteiger partial charge in [0.1, 0.15) is 0 Å². The predicted octanol–water partition coefficient (Wildman–Crippen LogP) is 2.78. The van der Waals surface area contributed by atoms with Crippen LogP contribution in [0.1, 0.15) is 56.3 Å². The van der Waals surface area contributed by atoms with Crippen molar-refractivity contribution in [2.45, 2.75) is 56.9 Å². The molecule has 1 aromatic rings. The molecule has 1 saturated carbocycles. The number of hydrogen-bond donors (Lipinski definition) is 2. The molecule has 2 rings (SSSR count). The predicted molar refractivity (Wildman–Crippen MR) is 111 cm³/mol. The summed E-state index contributed by atoms with van der Waals surface area (Å²) in [6, 6.07) is 5.90. The zero-order valence-electron chi connectivity index (χ0n) is 16.2. The van der Waals surface area contributed by atoms with Crippen LogP contribution in [0.2, 0.25) is 0 Å². The summed E-state index contributed by atoms with van der Waals surface area (Å²) in [7, 11) is -3.65. The summed E-state index contributed by atoms with van der Waals surface area (Å²) in [4.78, 5) is 14.2. The molecule has 154 valence electrons. The lowest BCUT2D eigenvalue weighted by atomic mass is 9.84. The van der Waals surface area contributed by atoms with Gasteiger partial charge in [0.05, 0.1) is 4.90 Å².